The summed E-state index contributed by atoms with van der Waals surface area (Å²) < 4.78 is 0. The number of aliphatic hydroxyl groups excluding tert-OH is 1. The summed E-state index contributed by atoms with van der Waals surface area (Å²) in [5, 5.41) is 9.26. The van der Waals surface area contributed by atoms with Crippen LogP contribution in [-0.4, -0.2) is 66.1 Å². The number of piperidine rings is 2. The Morgan fingerprint density at radius 2 is 1.76 bits per heavy atom. The van der Waals surface area contributed by atoms with Gasteiger partial charge in [-0.3, -0.25) is 9.69 Å². The van der Waals surface area contributed by atoms with E-state index >= 15 is 0 Å². The van der Waals surface area contributed by atoms with Crippen LogP contribution < -0.4 is 0 Å². The highest BCUT2D eigenvalue weighted by atomic mass is 16.3. The van der Waals surface area contributed by atoms with Crippen LogP contribution in [0.15, 0.2) is 0 Å². The van der Waals surface area contributed by atoms with Crippen molar-refractivity contribution in [2.24, 2.45) is 5.92 Å². The molecule has 2 rings (SSSR count). The maximum atomic E-state index is 11.4. The van der Waals surface area contributed by atoms with Gasteiger partial charge in [-0.1, -0.05) is 20.3 Å². The zero-order valence-electron chi connectivity index (χ0n) is 14.3. The zero-order valence-corrected chi connectivity index (χ0v) is 14.3. The molecular weight excluding hydrogens is 264 g/mol. The molecule has 124 valence electrons. The number of carbonyl (C=O) groups is 1. The minimum Gasteiger partial charge on any atom is -0.393 e. The summed E-state index contributed by atoms with van der Waals surface area (Å²) in [5.41, 5.74) is 0. The molecule has 0 saturated carbocycles. The lowest BCUT2D eigenvalue weighted by Gasteiger charge is -2.29. The Morgan fingerprint density at radius 3 is 2.19 bits per heavy atom. The van der Waals surface area contributed by atoms with E-state index in [2.05, 4.69) is 23.8 Å². The van der Waals surface area contributed by atoms with Crippen LogP contribution in [0.4, 0.5) is 0 Å². The standard InChI is InChI=1S/C10H19NO2.C7H15N/c1-8(2)10(13)7-11-5-3-9(12)4-6-11;1-7-5-3-4-6-8(7)2/h8-9,12H,3-7H2,1-2H3;7H,3-6H2,1-2H3/t;7-/m.1/s1. The van der Waals surface area contributed by atoms with Crippen molar-refractivity contribution >= 4 is 5.78 Å². The first-order valence-electron chi connectivity index (χ1n) is 8.53. The van der Waals surface area contributed by atoms with Crippen LogP contribution in [-0.2, 0) is 4.79 Å². The van der Waals surface area contributed by atoms with Crippen LogP contribution in [0, 0.1) is 5.92 Å². The highest BCUT2D eigenvalue weighted by molar-refractivity contribution is 5.82. The Hall–Kier alpha value is -0.450. The predicted molar refractivity (Wildman–Crippen MR) is 87.5 cm³/mol. The van der Waals surface area contributed by atoms with E-state index in [1.807, 2.05) is 13.8 Å². The molecule has 0 aliphatic carbocycles. The molecule has 4 heteroatoms. The largest absolute Gasteiger partial charge is 0.393 e. The lowest BCUT2D eigenvalue weighted by molar-refractivity contribution is -0.123. The molecule has 1 atom stereocenters. The molecule has 0 aromatic carbocycles. The Bertz CT molecular complexity index is 289. The van der Waals surface area contributed by atoms with Gasteiger partial charge < -0.3 is 10.0 Å². The van der Waals surface area contributed by atoms with Crippen LogP contribution in [0.25, 0.3) is 0 Å². The minimum atomic E-state index is -0.148. The predicted octanol–water partition coefficient (Wildman–Crippen LogP) is 2.16. The van der Waals surface area contributed by atoms with E-state index in [9.17, 15) is 9.90 Å². The number of likely N-dealkylation sites (tertiary alicyclic amines) is 2. The van der Waals surface area contributed by atoms with Gasteiger partial charge >= 0.3 is 0 Å². The van der Waals surface area contributed by atoms with Gasteiger partial charge in [-0.15, -0.1) is 0 Å². The number of rotatable bonds is 3. The Morgan fingerprint density at radius 1 is 1.14 bits per heavy atom. The van der Waals surface area contributed by atoms with Gasteiger partial charge in [-0.05, 0) is 46.2 Å². The lowest BCUT2D eigenvalue weighted by atomic mass is 10.1. The van der Waals surface area contributed by atoms with Crippen molar-refractivity contribution in [2.75, 3.05) is 33.2 Å². The van der Waals surface area contributed by atoms with E-state index in [1.54, 1.807) is 0 Å². The number of hydrogen-bond donors (Lipinski definition) is 1. The Balaban J connectivity index is 0.000000235. The van der Waals surface area contributed by atoms with Crippen LogP contribution in [0.2, 0.25) is 0 Å². The van der Waals surface area contributed by atoms with Gasteiger partial charge in [0.2, 0.25) is 0 Å². The van der Waals surface area contributed by atoms with E-state index in [0.29, 0.717) is 12.3 Å². The monoisotopic (exact) mass is 298 g/mol. The normalized spacial score (nSPS) is 25.5. The highest BCUT2D eigenvalue weighted by Gasteiger charge is 2.19. The Labute approximate surface area is 130 Å². The third-order valence-corrected chi connectivity index (χ3v) is 4.72. The fourth-order valence-corrected chi connectivity index (χ4v) is 2.72. The van der Waals surface area contributed by atoms with Gasteiger partial charge in [0.15, 0.2) is 0 Å². The number of ketones is 1. The second-order valence-electron chi connectivity index (χ2n) is 6.95. The molecule has 0 unspecified atom stereocenters. The third-order valence-electron chi connectivity index (χ3n) is 4.72. The summed E-state index contributed by atoms with van der Waals surface area (Å²) in [6.07, 6.45) is 5.71. The van der Waals surface area contributed by atoms with Gasteiger partial charge in [0.25, 0.3) is 0 Å². The molecular formula is C17H34N2O2. The molecule has 21 heavy (non-hydrogen) atoms. The fraction of sp³-hybridized carbons (Fsp3) is 0.941. The quantitative estimate of drug-likeness (QED) is 0.867. The summed E-state index contributed by atoms with van der Waals surface area (Å²) in [5.74, 6) is 0.434. The van der Waals surface area contributed by atoms with Crippen molar-refractivity contribution in [1.29, 1.82) is 0 Å². The van der Waals surface area contributed by atoms with E-state index in [0.717, 1.165) is 32.0 Å². The van der Waals surface area contributed by atoms with Crippen LogP contribution in [0.3, 0.4) is 0 Å². The SMILES string of the molecule is CC(C)C(=O)CN1CCC(O)CC1.C[C@@H]1CCCCN1C. The fourth-order valence-electron chi connectivity index (χ4n) is 2.72. The third kappa shape index (κ3) is 7.39. The summed E-state index contributed by atoms with van der Waals surface area (Å²) in [7, 11) is 2.21. The minimum absolute atomic E-state index is 0.131. The Kier molecular flexibility index (Phi) is 8.45. The first kappa shape index (κ1) is 18.6. The molecule has 0 aromatic rings. The van der Waals surface area contributed by atoms with Gasteiger partial charge in [-0.2, -0.15) is 0 Å². The van der Waals surface area contributed by atoms with Gasteiger partial charge in [0.1, 0.15) is 5.78 Å². The number of aliphatic hydroxyl groups is 1. The smallest absolute Gasteiger partial charge is 0.149 e. The molecule has 0 radical (unpaired) electrons. The highest BCUT2D eigenvalue weighted by Crippen LogP contribution is 2.13. The maximum Gasteiger partial charge on any atom is 0.149 e. The second-order valence-corrected chi connectivity index (χ2v) is 6.95. The molecule has 0 amide bonds. The molecule has 2 fully saturated rings. The first-order valence-corrected chi connectivity index (χ1v) is 8.53. The van der Waals surface area contributed by atoms with Gasteiger partial charge in [-0.25, -0.2) is 0 Å². The molecule has 0 bridgehead atoms. The van der Waals surface area contributed by atoms with Gasteiger partial charge in [0, 0.05) is 25.0 Å². The van der Waals surface area contributed by atoms with Crippen LogP contribution in [0.1, 0.15) is 52.9 Å². The molecule has 1 N–H and O–H groups in total. The van der Waals surface area contributed by atoms with Gasteiger partial charge in [0.05, 0.1) is 12.6 Å². The van der Waals surface area contributed by atoms with Crippen LogP contribution >= 0.6 is 0 Å². The molecule has 0 spiro atoms. The number of nitrogens with zero attached hydrogens (tertiary/aromatic N) is 2. The summed E-state index contributed by atoms with van der Waals surface area (Å²) in [6, 6.07) is 0.837. The van der Waals surface area contributed by atoms with E-state index < -0.39 is 0 Å². The number of Topliss-reactive ketones (excluding diaryl/α,β-unsaturated/α-hetero) is 1. The molecule has 2 aliphatic rings. The van der Waals surface area contributed by atoms with E-state index in [-0.39, 0.29) is 12.0 Å². The topological polar surface area (TPSA) is 43.8 Å². The van der Waals surface area contributed by atoms with E-state index in [1.165, 1.54) is 25.8 Å². The average Bonchev–Trinajstić information content (AvgIpc) is 2.45. The molecule has 4 nitrogen and oxygen atoms in total. The average molecular weight is 298 g/mol. The number of hydrogen-bond acceptors (Lipinski definition) is 4. The van der Waals surface area contributed by atoms with Crippen molar-refractivity contribution in [1.82, 2.24) is 9.80 Å². The molecule has 0 aromatic heterocycles. The number of carbonyl (C=O) groups excluding carboxylic acids is 1. The van der Waals surface area contributed by atoms with E-state index in [4.69, 9.17) is 0 Å². The first-order chi connectivity index (χ1) is 9.90. The summed E-state index contributed by atoms with van der Waals surface area (Å²) in [6.45, 7) is 9.76. The zero-order chi connectivity index (χ0) is 15.8. The van der Waals surface area contributed by atoms with Crippen molar-refractivity contribution in [3.8, 4) is 0 Å². The second kappa shape index (κ2) is 9.54. The molecule has 2 aliphatic heterocycles. The molecule has 2 heterocycles. The van der Waals surface area contributed by atoms with Crippen molar-refractivity contribution in [2.45, 2.75) is 65.0 Å². The maximum absolute atomic E-state index is 11.4. The molecule has 2 saturated heterocycles. The summed E-state index contributed by atoms with van der Waals surface area (Å²) >= 11 is 0. The lowest BCUT2D eigenvalue weighted by Crippen LogP contribution is -2.39. The van der Waals surface area contributed by atoms with Crippen LogP contribution in [0.5, 0.6) is 0 Å². The van der Waals surface area contributed by atoms with Crippen molar-refractivity contribution in [3.05, 3.63) is 0 Å². The van der Waals surface area contributed by atoms with Crippen molar-refractivity contribution < 1.29 is 9.90 Å². The summed E-state index contributed by atoms with van der Waals surface area (Å²) in [4.78, 5) is 16.0. The van der Waals surface area contributed by atoms with Crippen molar-refractivity contribution in [3.63, 3.8) is 0 Å².